The maximum absolute atomic E-state index is 13.3. The zero-order valence-corrected chi connectivity index (χ0v) is 17.2. The molecule has 2 heterocycles. The molecule has 0 amide bonds. The number of thiophene rings is 1. The number of hydrogen-bond acceptors (Lipinski definition) is 4. The fraction of sp³-hybridized carbons (Fsp3) is 0.130. The van der Waals surface area contributed by atoms with Gasteiger partial charge in [0.15, 0.2) is 5.16 Å². The smallest absolute Gasteiger partial charge is 0.263 e. The van der Waals surface area contributed by atoms with E-state index in [2.05, 4.69) is 25.6 Å². The third-order valence-corrected chi connectivity index (χ3v) is 6.57. The topological polar surface area (TPSA) is 34.9 Å². The molecule has 4 rings (SSSR count). The van der Waals surface area contributed by atoms with Gasteiger partial charge in [-0.3, -0.25) is 9.36 Å². The van der Waals surface area contributed by atoms with Crippen LogP contribution in [0.1, 0.15) is 11.1 Å². The molecule has 0 saturated heterocycles. The summed E-state index contributed by atoms with van der Waals surface area (Å²) in [5.74, 6) is 0.776. The van der Waals surface area contributed by atoms with Crippen LogP contribution in [0.15, 0.2) is 82.6 Å². The van der Waals surface area contributed by atoms with Crippen molar-refractivity contribution in [2.75, 3.05) is 0 Å². The first kappa shape index (κ1) is 18.7. The minimum Gasteiger partial charge on any atom is -0.283 e. The van der Waals surface area contributed by atoms with Gasteiger partial charge in [0.1, 0.15) is 4.83 Å². The lowest BCUT2D eigenvalue weighted by atomic mass is 10.1. The van der Waals surface area contributed by atoms with Crippen LogP contribution >= 0.6 is 23.1 Å². The minimum absolute atomic E-state index is 0.00251. The number of fused-ring (bicyclic) bond motifs is 1. The van der Waals surface area contributed by atoms with Crippen molar-refractivity contribution in [1.29, 1.82) is 0 Å². The van der Waals surface area contributed by atoms with Crippen LogP contribution in [0, 0.1) is 6.92 Å². The van der Waals surface area contributed by atoms with Crippen LogP contribution < -0.4 is 5.56 Å². The van der Waals surface area contributed by atoms with E-state index < -0.39 is 0 Å². The highest BCUT2D eigenvalue weighted by molar-refractivity contribution is 7.98. The average molecular weight is 405 g/mol. The predicted molar refractivity (Wildman–Crippen MR) is 120 cm³/mol. The summed E-state index contributed by atoms with van der Waals surface area (Å²) < 4.78 is 1.73. The number of hydrogen-bond donors (Lipinski definition) is 0. The lowest BCUT2D eigenvalue weighted by Gasteiger charge is -2.11. The molecule has 0 atom stereocenters. The van der Waals surface area contributed by atoms with E-state index in [-0.39, 0.29) is 5.56 Å². The summed E-state index contributed by atoms with van der Waals surface area (Å²) in [6.45, 7) is 6.38. The standard InChI is InChI=1S/C23H20N2OS2/c1-3-13-25-22(26)20-19(17-10-5-4-6-11-17)15-27-21(20)24-23(25)28-14-18-12-8-7-9-16(18)2/h3-12,15H,1,13-14H2,2H3. The Hall–Kier alpha value is -2.63. The van der Waals surface area contributed by atoms with Crippen LogP contribution in [0.4, 0.5) is 0 Å². The van der Waals surface area contributed by atoms with Gasteiger partial charge in [0.05, 0.1) is 5.39 Å². The highest BCUT2D eigenvalue weighted by atomic mass is 32.2. The molecular formula is C23H20N2OS2. The van der Waals surface area contributed by atoms with Crippen molar-refractivity contribution in [3.63, 3.8) is 0 Å². The minimum atomic E-state index is -0.00251. The molecule has 5 heteroatoms. The molecule has 0 aliphatic rings. The second-order valence-corrected chi connectivity index (χ2v) is 8.31. The zero-order valence-electron chi connectivity index (χ0n) is 15.6. The van der Waals surface area contributed by atoms with Gasteiger partial charge in [-0.2, -0.15) is 0 Å². The van der Waals surface area contributed by atoms with Gasteiger partial charge in [-0.1, -0.05) is 72.4 Å². The summed E-state index contributed by atoms with van der Waals surface area (Å²) in [6, 6.07) is 18.3. The molecule has 0 N–H and O–H groups in total. The van der Waals surface area contributed by atoms with Gasteiger partial charge in [0.2, 0.25) is 0 Å². The van der Waals surface area contributed by atoms with Crippen molar-refractivity contribution in [1.82, 2.24) is 9.55 Å². The molecule has 0 bridgehead atoms. The molecular weight excluding hydrogens is 384 g/mol. The molecule has 140 valence electrons. The second kappa shape index (κ2) is 8.17. The lowest BCUT2D eigenvalue weighted by molar-refractivity contribution is 0.673. The Morgan fingerprint density at radius 1 is 1.14 bits per heavy atom. The summed E-state index contributed by atoms with van der Waals surface area (Å²) in [4.78, 5) is 19.0. The molecule has 0 aliphatic carbocycles. The molecule has 2 aromatic carbocycles. The summed E-state index contributed by atoms with van der Waals surface area (Å²) in [6.07, 6.45) is 1.75. The van der Waals surface area contributed by atoms with Crippen LogP contribution in [-0.4, -0.2) is 9.55 Å². The number of nitrogens with zero attached hydrogens (tertiary/aromatic N) is 2. The van der Waals surface area contributed by atoms with Crippen molar-refractivity contribution in [3.05, 3.63) is 94.1 Å². The van der Waals surface area contributed by atoms with Gasteiger partial charge < -0.3 is 0 Å². The van der Waals surface area contributed by atoms with Crippen molar-refractivity contribution >= 4 is 33.3 Å². The highest BCUT2D eigenvalue weighted by Gasteiger charge is 2.17. The zero-order chi connectivity index (χ0) is 19.5. The van der Waals surface area contributed by atoms with E-state index in [9.17, 15) is 4.79 Å². The van der Waals surface area contributed by atoms with E-state index in [1.807, 2.05) is 47.8 Å². The largest absolute Gasteiger partial charge is 0.283 e. The molecule has 0 unspecified atom stereocenters. The van der Waals surface area contributed by atoms with Gasteiger partial charge in [-0.05, 0) is 23.6 Å². The van der Waals surface area contributed by atoms with Gasteiger partial charge in [-0.15, -0.1) is 17.9 Å². The van der Waals surface area contributed by atoms with Crippen LogP contribution in [0.2, 0.25) is 0 Å². The van der Waals surface area contributed by atoms with Crippen molar-refractivity contribution in [3.8, 4) is 11.1 Å². The Labute approximate surface area is 172 Å². The summed E-state index contributed by atoms with van der Waals surface area (Å²) in [5.41, 5.74) is 4.49. The fourth-order valence-electron chi connectivity index (χ4n) is 3.15. The van der Waals surface area contributed by atoms with Crippen LogP contribution in [-0.2, 0) is 12.3 Å². The molecule has 0 aliphatic heterocycles. The summed E-state index contributed by atoms with van der Waals surface area (Å²) >= 11 is 3.12. The Morgan fingerprint density at radius 3 is 2.64 bits per heavy atom. The van der Waals surface area contributed by atoms with Crippen LogP contribution in [0.5, 0.6) is 0 Å². The first-order valence-corrected chi connectivity index (χ1v) is 10.9. The SMILES string of the molecule is C=CCn1c(SCc2ccccc2C)nc2scc(-c3ccccc3)c2c1=O. The molecule has 0 spiro atoms. The Kier molecular flexibility index (Phi) is 5.46. The van der Waals surface area contributed by atoms with Crippen molar-refractivity contribution in [2.24, 2.45) is 0 Å². The average Bonchev–Trinajstić information content (AvgIpc) is 3.15. The number of aryl methyl sites for hydroxylation is 1. The van der Waals surface area contributed by atoms with Crippen molar-refractivity contribution in [2.45, 2.75) is 24.4 Å². The van der Waals surface area contributed by atoms with Gasteiger partial charge in [0, 0.05) is 23.2 Å². The lowest BCUT2D eigenvalue weighted by Crippen LogP contribution is -2.22. The van der Waals surface area contributed by atoms with E-state index in [0.29, 0.717) is 11.9 Å². The molecule has 4 aromatic rings. The summed E-state index contributed by atoms with van der Waals surface area (Å²) in [5, 5.41) is 3.46. The number of allylic oxidation sites excluding steroid dienone is 1. The highest BCUT2D eigenvalue weighted by Crippen LogP contribution is 2.32. The normalized spacial score (nSPS) is 11.0. The van der Waals surface area contributed by atoms with Crippen molar-refractivity contribution < 1.29 is 0 Å². The molecule has 28 heavy (non-hydrogen) atoms. The van der Waals surface area contributed by atoms with Gasteiger partial charge in [0.25, 0.3) is 5.56 Å². The van der Waals surface area contributed by atoms with E-state index in [1.54, 1.807) is 22.4 Å². The van der Waals surface area contributed by atoms with E-state index in [1.165, 1.54) is 22.5 Å². The summed E-state index contributed by atoms with van der Waals surface area (Å²) in [7, 11) is 0. The number of aromatic nitrogens is 2. The Balaban J connectivity index is 1.79. The predicted octanol–water partition coefficient (Wildman–Crippen LogP) is 5.91. The molecule has 0 saturated carbocycles. The van der Waals surface area contributed by atoms with E-state index in [0.717, 1.165) is 26.9 Å². The van der Waals surface area contributed by atoms with Crippen LogP contribution in [0.25, 0.3) is 21.3 Å². The third-order valence-electron chi connectivity index (χ3n) is 4.67. The van der Waals surface area contributed by atoms with Gasteiger partial charge in [-0.25, -0.2) is 4.98 Å². The van der Waals surface area contributed by atoms with E-state index >= 15 is 0 Å². The third kappa shape index (κ3) is 3.55. The first-order chi connectivity index (χ1) is 13.7. The van der Waals surface area contributed by atoms with Crippen LogP contribution in [0.3, 0.4) is 0 Å². The molecule has 2 aromatic heterocycles. The maximum atomic E-state index is 13.3. The molecule has 3 nitrogen and oxygen atoms in total. The Morgan fingerprint density at radius 2 is 1.89 bits per heavy atom. The number of thioether (sulfide) groups is 1. The number of rotatable bonds is 6. The monoisotopic (exact) mass is 404 g/mol. The fourth-order valence-corrected chi connectivity index (χ4v) is 5.22. The molecule has 0 radical (unpaired) electrons. The Bertz CT molecular complexity index is 1190. The molecule has 0 fully saturated rings. The van der Waals surface area contributed by atoms with Gasteiger partial charge >= 0.3 is 0 Å². The van der Waals surface area contributed by atoms with E-state index in [4.69, 9.17) is 4.98 Å². The first-order valence-electron chi connectivity index (χ1n) is 9.04. The number of benzene rings is 2. The maximum Gasteiger partial charge on any atom is 0.263 e. The quantitative estimate of drug-likeness (QED) is 0.228. The second-order valence-electron chi connectivity index (χ2n) is 6.51.